The molecular formula is C37H52O6. The van der Waals surface area contributed by atoms with Crippen molar-refractivity contribution in [2.24, 2.45) is 17.8 Å². The molecule has 0 aliphatic heterocycles. The number of aryl methyl sites for hydroxylation is 1. The average Bonchev–Trinajstić information content (AvgIpc) is 3.06. The van der Waals surface area contributed by atoms with E-state index in [2.05, 4.69) is 75.5 Å². The van der Waals surface area contributed by atoms with E-state index in [9.17, 15) is 9.59 Å². The van der Waals surface area contributed by atoms with Gasteiger partial charge in [0.05, 0.1) is 32.0 Å². The van der Waals surface area contributed by atoms with E-state index >= 15 is 0 Å². The van der Waals surface area contributed by atoms with Crippen molar-refractivity contribution in [1.29, 1.82) is 0 Å². The van der Waals surface area contributed by atoms with Crippen molar-refractivity contribution in [1.82, 2.24) is 0 Å². The van der Waals surface area contributed by atoms with Crippen LogP contribution in [0, 0.1) is 17.8 Å². The topological polar surface area (TPSA) is 93.1 Å². The molecule has 236 valence electrons. The largest absolute Gasteiger partial charge is 0.462 e. The van der Waals surface area contributed by atoms with E-state index in [-0.39, 0.29) is 30.3 Å². The predicted octanol–water partition coefficient (Wildman–Crippen LogP) is 7.08. The Labute approximate surface area is 258 Å². The van der Waals surface area contributed by atoms with Gasteiger partial charge in [-0.2, -0.15) is 0 Å². The third-order valence-electron chi connectivity index (χ3n) is 8.57. The van der Waals surface area contributed by atoms with Gasteiger partial charge in [0.15, 0.2) is 0 Å². The molecule has 3 rings (SSSR count). The molecule has 0 bridgehead atoms. The van der Waals surface area contributed by atoms with Crippen molar-refractivity contribution in [3.8, 4) is 11.1 Å². The van der Waals surface area contributed by atoms with Gasteiger partial charge in [0, 0.05) is 18.6 Å². The van der Waals surface area contributed by atoms with E-state index in [1.165, 1.54) is 47.9 Å². The predicted molar refractivity (Wildman–Crippen MR) is 174 cm³/mol. The van der Waals surface area contributed by atoms with Gasteiger partial charge in [-0.25, -0.2) is 4.79 Å². The van der Waals surface area contributed by atoms with Gasteiger partial charge in [-0.05, 0) is 72.1 Å². The number of unbranched alkanes of at least 4 members (excludes halogenated alkanes) is 2. The Hall–Kier alpha value is -3.06. The zero-order valence-electron chi connectivity index (χ0n) is 26.4. The van der Waals surface area contributed by atoms with Crippen LogP contribution in [0.1, 0.15) is 75.8 Å². The molecule has 4 atom stereocenters. The molecular weight excluding hydrogens is 540 g/mol. The third-order valence-corrected chi connectivity index (χ3v) is 8.57. The summed E-state index contributed by atoms with van der Waals surface area (Å²) < 4.78 is 11.0. The zero-order chi connectivity index (χ0) is 31.6. The molecule has 2 N–H and O–H groups in total. The Morgan fingerprint density at radius 1 is 0.953 bits per heavy atom. The third kappa shape index (κ3) is 11.9. The molecule has 6 heteroatoms. The van der Waals surface area contributed by atoms with Crippen LogP contribution in [-0.4, -0.2) is 56.0 Å². The number of benzene rings is 2. The lowest BCUT2D eigenvalue weighted by Gasteiger charge is -2.40. The SMILES string of the molecule is C=C(C=O)CO.C=C(CO)C(=O)OCC(COC)C1CCC(c2ccc(-c3ccc(CCCCC)cc3)cc2)CC1CC. The number of aliphatic hydroxyl groups is 2. The van der Waals surface area contributed by atoms with E-state index < -0.39 is 5.97 Å². The minimum absolute atomic E-state index is 0.0956. The standard InChI is InChI=1S/C33H46O4.C4H6O2/c1-5-7-8-9-25-10-12-27(13-11-25)28-14-16-29(17-15-28)30-18-19-32(26(6-2)20-30)31(22-36-4)23-37-33(35)24(3)21-34;1-4(2-5)3-6/h10-17,26,30-32,34H,3,5-9,18-23H2,1-2,4H3;2,6H,1,3H2. The number of esters is 1. The summed E-state index contributed by atoms with van der Waals surface area (Å²) in [4.78, 5) is 21.5. The molecule has 0 saturated heterocycles. The minimum atomic E-state index is -0.517. The molecule has 0 heterocycles. The highest BCUT2D eigenvalue weighted by molar-refractivity contribution is 5.87. The summed E-state index contributed by atoms with van der Waals surface area (Å²) in [6.07, 6.45) is 9.98. The van der Waals surface area contributed by atoms with E-state index in [0.29, 0.717) is 37.3 Å². The second-order valence-electron chi connectivity index (χ2n) is 11.6. The Bertz CT molecular complexity index is 1120. The van der Waals surface area contributed by atoms with Crippen molar-refractivity contribution in [3.05, 3.63) is 84.0 Å². The quantitative estimate of drug-likeness (QED) is 0.0936. The van der Waals surface area contributed by atoms with Crippen LogP contribution in [0.25, 0.3) is 11.1 Å². The number of aldehydes is 1. The molecule has 2 aromatic carbocycles. The van der Waals surface area contributed by atoms with Crippen LogP contribution in [-0.2, 0) is 25.5 Å². The van der Waals surface area contributed by atoms with Gasteiger partial charge in [0.1, 0.15) is 6.29 Å². The number of rotatable bonds is 16. The Balaban J connectivity index is 0.000000973. The highest BCUT2D eigenvalue weighted by atomic mass is 16.5. The highest BCUT2D eigenvalue weighted by Crippen LogP contribution is 2.44. The average molecular weight is 593 g/mol. The fraction of sp³-hybridized carbons (Fsp3) is 0.514. The van der Waals surface area contributed by atoms with Crippen LogP contribution in [0.5, 0.6) is 0 Å². The van der Waals surface area contributed by atoms with Crippen LogP contribution in [0.4, 0.5) is 0 Å². The maximum absolute atomic E-state index is 12.0. The fourth-order valence-electron chi connectivity index (χ4n) is 5.97. The second-order valence-corrected chi connectivity index (χ2v) is 11.6. The molecule has 2 aromatic rings. The lowest BCUT2D eigenvalue weighted by molar-refractivity contribution is -0.142. The molecule has 1 aliphatic carbocycles. The first kappa shape index (κ1) is 36.1. The summed E-state index contributed by atoms with van der Waals surface area (Å²) >= 11 is 0. The second kappa shape index (κ2) is 20.0. The van der Waals surface area contributed by atoms with Gasteiger partial charge in [0.25, 0.3) is 0 Å². The van der Waals surface area contributed by atoms with Gasteiger partial charge in [-0.1, -0.05) is 94.8 Å². The van der Waals surface area contributed by atoms with E-state index in [1.54, 1.807) is 7.11 Å². The molecule has 0 spiro atoms. The highest BCUT2D eigenvalue weighted by Gasteiger charge is 2.35. The minimum Gasteiger partial charge on any atom is -0.462 e. The van der Waals surface area contributed by atoms with Crippen molar-refractivity contribution in [3.63, 3.8) is 0 Å². The first-order valence-electron chi connectivity index (χ1n) is 15.7. The molecule has 6 nitrogen and oxygen atoms in total. The van der Waals surface area contributed by atoms with Crippen molar-refractivity contribution in [2.45, 2.75) is 71.1 Å². The number of carbonyl (C=O) groups is 2. The summed E-state index contributed by atoms with van der Waals surface area (Å²) in [5.74, 6) is 1.19. The van der Waals surface area contributed by atoms with Gasteiger partial charge in [-0.15, -0.1) is 0 Å². The van der Waals surface area contributed by atoms with Gasteiger partial charge in [-0.3, -0.25) is 4.79 Å². The lowest BCUT2D eigenvalue weighted by Crippen LogP contribution is -2.35. The Kier molecular flexibility index (Phi) is 16.8. The number of carbonyl (C=O) groups excluding carboxylic acids is 2. The maximum Gasteiger partial charge on any atom is 0.335 e. The normalized spacial score (nSPS) is 18.6. The lowest BCUT2D eigenvalue weighted by atomic mass is 9.66. The van der Waals surface area contributed by atoms with Gasteiger partial charge in [0.2, 0.25) is 0 Å². The summed E-state index contributed by atoms with van der Waals surface area (Å²) in [6, 6.07) is 18.2. The molecule has 4 unspecified atom stereocenters. The maximum atomic E-state index is 12.0. The summed E-state index contributed by atoms with van der Waals surface area (Å²) in [6.45, 7) is 11.5. The Morgan fingerprint density at radius 3 is 2.12 bits per heavy atom. The van der Waals surface area contributed by atoms with Crippen LogP contribution < -0.4 is 0 Å². The fourth-order valence-corrected chi connectivity index (χ4v) is 5.97. The molecule has 1 saturated carbocycles. The van der Waals surface area contributed by atoms with Crippen LogP contribution >= 0.6 is 0 Å². The van der Waals surface area contributed by atoms with Crippen LogP contribution in [0.3, 0.4) is 0 Å². The monoisotopic (exact) mass is 592 g/mol. The van der Waals surface area contributed by atoms with Gasteiger partial charge >= 0.3 is 5.97 Å². The number of methoxy groups -OCH3 is 1. The van der Waals surface area contributed by atoms with E-state index in [4.69, 9.17) is 19.7 Å². The smallest absolute Gasteiger partial charge is 0.335 e. The molecule has 1 fully saturated rings. The molecule has 1 aliphatic rings. The number of hydrogen-bond acceptors (Lipinski definition) is 6. The molecule has 0 radical (unpaired) electrons. The number of ether oxygens (including phenoxy) is 2. The summed E-state index contributed by atoms with van der Waals surface area (Å²) in [5, 5.41) is 17.1. The first-order chi connectivity index (χ1) is 20.8. The number of aliphatic hydroxyl groups excluding tert-OH is 2. The molecule has 43 heavy (non-hydrogen) atoms. The Morgan fingerprint density at radius 2 is 1.60 bits per heavy atom. The summed E-state index contributed by atoms with van der Waals surface area (Å²) in [5.41, 5.74) is 5.72. The summed E-state index contributed by atoms with van der Waals surface area (Å²) in [7, 11) is 1.70. The van der Waals surface area contributed by atoms with E-state index in [0.717, 1.165) is 25.7 Å². The first-order valence-corrected chi connectivity index (χ1v) is 15.7. The van der Waals surface area contributed by atoms with Gasteiger partial charge < -0.3 is 19.7 Å². The van der Waals surface area contributed by atoms with Crippen molar-refractivity contribution in [2.75, 3.05) is 33.5 Å². The van der Waals surface area contributed by atoms with Crippen LogP contribution in [0.2, 0.25) is 0 Å². The van der Waals surface area contributed by atoms with Crippen molar-refractivity contribution < 1.29 is 29.3 Å². The zero-order valence-corrected chi connectivity index (χ0v) is 26.4. The molecule has 0 amide bonds. The van der Waals surface area contributed by atoms with Crippen molar-refractivity contribution >= 4 is 12.3 Å². The van der Waals surface area contributed by atoms with E-state index in [1.807, 2.05) is 0 Å². The van der Waals surface area contributed by atoms with Crippen LogP contribution in [0.15, 0.2) is 72.8 Å². The molecule has 0 aromatic heterocycles. The number of hydrogen-bond donors (Lipinski definition) is 2.